The molecular weight excluding hydrogens is 280 g/mol. The Kier molecular flexibility index (Phi) is 4.27. The van der Waals surface area contributed by atoms with Gasteiger partial charge in [-0.3, -0.25) is 9.78 Å². The predicted molar refractivity (Wildman–Crippen MR) is 88.2 cm³/mol. The molecule has 110 valence electrons. The molecule has 0 N–H and O–H groups in total. The van der Waals surface area contributed by atoms with Crippen molar-refractivity contribution in [3.05, 3.63) is 36.0 Å². The molecule has 21 heavy (non-hydrogen) atoms. The maximum atomic E-state index is 12.6. The van der Waals surface area contributed by atoms with Crippen LogP contribution in [0.25, 0.3) is 10.9 Å². The monoisotopic (exact) mass is 300 g/mol. The number of ketones is 1. The number of likely N-dealkylation sites (tertiary alicyclic amines) is 1. The van der Waals surface area contributed by atoms with Gasteiger partial charge in [0.05, 0.1) is 5.52 Å². The maximum absolute atomic E-state index is 12.6. The second-order valence-corrected chi connectivity index (χ2v) is 6.25. The van der Waals surface area contributed by atoms with E-state index in [0.717, 1.165) is 34.3 Å². The van der Waals surface area contributed by atoms with Crippen molar-refractivity contribution in [2.45, 2.75) is 36.6 Å². The average Bonchev–Trinajstić information content (AvgIpc) is 2.90. The highest BCUT2D eigenvalue weighted by Crippen LogP contribution is 2.25. The summed E-state index contributed by atoms with van der Waals surface area (Å²) in [5.41, 5.74) is 1.58. The molecule has 1 unspecified atom stereocenters. The smallest absolute Gasteiger partial charge is 0.163 e. The summed E-state index contributed by atoms with van der Waals surface area (Å²) in [5.74, 6) is 0.210. The van der Waals surface area contributed by atoms with Gasteiger partial charge in [-0.2, -0.15) is 0 Å². The predicted octanol–water partition coefficient (Wildman–Crippen LogP) is 3.58. The Morgan fingerprint density at radius 2 is 2.29 bits per heavy atom. The van der Waals surface area contributed by atoms with Crippen LogP contribution in [0.2, 0.25) is 0 Å². The Morgan fingerprint density at radius 3 is 3.05 bits per heavy atom. The molecule has 2 aromatic rings. The average molecular weight is 300 g/mol. The van der Waals surface area contributed by atoms with E-state index in [1.165, 1.54) is 12.8 Å². The Labute approximate surface area is 130 Å². The number of rotatable bonds is 4. The highest BCUT2D eigenvalue weighted by atomic mass is 32.1. The molecule has 4 heteroatoms. The van der Waals surface area contributed by atoms with Gasteiger partial charge in [0.2, 0.25) is 0 Å². The fraction of sp³-hybridized carbons (Fsp3) is 0.412. The van der Waals surface area contributed by atoms with Gasteiger partial charge in [-0.25, -0.2) is 0 Å². The van der Waals surface area contributed by atoms with Crippen LogP contribution in [-0.4, -0.2) is 35.3 Å². The molecule has 1 aromatic carbocycles. The number of aromatic nitrogens is 1. The largest absolute Gasteiger partial charge is 0.303 e. The number of fused-ring (bicyclic) bond motifs is 1. The highest BCUT2D eigenvalue weighted by molar-refractivity contribution is 7.80. The molecule has 0 spiro atoms. The SMILES string of the molecule is CN1CCCC1CCC(=O)c1ccnc2c(S)cccc12. The summed E-state index contributed by atoms with van der Waals surface area (Å²) in [7, 11) is 2.15. The minimum Gasteiger partial charge on any atom is -0.303 e. The van der Waals surface area contributed by atoms with Crippen LogP contribution in [0.1, 0.15) is 36.0 Å². The van der Waals surface area contributed by atoms with Crippen molar-refractivity contribution in [3.8, 4) is 0 Å². The van der Waals surface area contributed by atoms with Gasteiger partial charge in [0, 0.05) is 34.5 Å². The van der Waals surface area contributed by atoms with Crippen LogP contribution in [0.4, 0.5) is 0 Å². The lowest BCUT2D eigenvalue weighted by Gasteiger charge is -2.18. The van der Waals surface area contributed by atoms with E-state index in [2.05, 4.69) is 29.6 Å². The van der Waals surface area contributed by atoms with Crippen LogP contribution in [0.15, 0.2) is 35.4 Å². The molecule has 1 aromatic heterocycles. The molecule has 0 bridgehead atoms. The van der Waals surface area contributed by atoms with Crippen LogP contribution in [0, 0.1) is 0 Å². The first-order valence-electron chi connectivity index (χ1n) is 7.47. The fourth-order valence-electron chi connectivity index (χ4n) is 3.18. The Hall–Kier alpha value is -1.39. The van der Waals surface area contributed by atoms with Gasteiger partial charge in [0.15, 0.2) is 5.78 Å². The zero-order valence-electron chi connectivity index (χ0n) is 12.2. The third kappa shape index (κ3) is 2.97. The summed E-state index contributed by atoms with van der Waals surface area (Å²) < 4.78 is 0. The van der Waals surface area contributed by atoms with Crippen LogP contribution in [-0.2, 0) is 0 Å². The molecule has 1 atom stereocenters. The number of benzene rings is 1. The molecule has 3 rings (SSSR count). The number of para-hydroxylation sites is 1. The zero-order valence-corrected chi connectivity index (χ0v) is 13.1. The van der Waals surface area contributed by atoms with Gasteiger partial charge >= 0.3 is 0 Å². The molecule has 1 fully saturated rings. The lowest BCUT2D eigenvalue weighted by atomic mass is 9.99. The second kappa shape index (κ2) is 6.16. The summed E-state index contributed by atoms with van der Waals surface area (Å²) in [5, 5.41) is 0.912. The van der Waals surface area contributed by atoms with Crippen molar-refractivity contribution < 1.29 is 4.79 Å². The first kappa shape index (κ1) is 14.5. The lowest BCUT2D eigenvalue weighted by molar-refractivity contribution is 0.0971. The number of hydrogen-bond acceptors (Lipinski definition) is 4. The molecule has 1 saturated heterocycles. The molecule has 3 nitrogen and oxygen atoms in total. The number of carbonyl (C=O) groups excluding carboxylic acids is 1. The standard InChI is InChI=1S/C17H20N2OS/c1-19-11-3-4-12(19)7-8-15(20)13-9-10-18-17-14(13)5-2-6-16(17)21/h2,5-6,9-10,12,21H,3-4,7-8,11H2,1H3. The number of thiol groups is 1. The Bertz CT molecular complexity index is 671. The van der Waals surface area contributed by atoms with Gasteiger partial charge in [-0.15, -0.1) is 12.6 Å². The minimum atomic E-state index is 0.210. The number of pyridine rings is 1. The van der Waals surface area contributed by atoms with Crippen molar-refractivity contribution in [2.24, 2.45) is 0 Å². The van der Waals surface area contributed by atoms with E-state index in [4.69, 9.17) is 0 Å². The molecule has 0 radical (unpaired) electrons. The van der Waals surface area contributed by atoms with E-state index < -0.39 is 0 Å². The van der Waals surface area contributed by atoms with E-state index in [-0.39, 0.29) is 5.78 Å². The van der Waals surface area contributed by atoms with E-state index in [1.807, 2.05) is 24.3 Å². The van der Waals surface area contributed by atoms with Gasteiger partial charge < -0.3 is 4.90 Å². The Morgan fingerprint density at radius 1 is 1.43 bits per heavy atom. The molecule has 0 aliphatic carbocycles. The van der Waals surface area contributed by atoms with Gasteiger partial charge in [-0.1, -0.05) is 12.1 Å². The highest BCUT2D eigenvalue weighted by Gasteiger charge is 2.22. The third-order valence-corrected chi connectivity index (χ3v) is 4.79. The van der Waals surface area contributed by atoms with Gasteiger partial charge in [0.1, 0.15) is 0 Å². The fourth-order valence-corrected chi connectivity index (χ4v) is 3.44. The van der Waals surface area contributed by atoms with Crippen molar-refractivity contribution in [2.75, 3.05) is 13.6 Å². The number of hydrogen-bond donors (Lipinski definition) is 1. The van der Waals surface area contributed by atoms with Gasteiger partial charge in [0.25, 0.3) is 0 Å². The van der Waals surface area contributed by atoms with Crippen LogP contribution in [0.3, 0.4) is 0 Å². The normalized spacial score (nSPS) is 19.2. The first-order chi connectivity index (χ1) is 10.2. The molecule has 1 aliphatic rings. The molecular formula is C17H20N2OS. The maximum Gasteiger partial charge on any atom is 0.163 e. The molecule has 0 saturated carbocycles. The third-order valence-electron chi connectivity index (χ3n) is 4.43. The van der Waals surface area contributed by atoms with E-state index in [1.54, 1.807) is 6.20 Å². The summed E-state index contributed by atoms with van der Waals surface area (Å²) in [6.45, 7) is 1.15. The number of carbonyl (C=O) groups is 1. The van der Waals surface area contributed by atoms with Crippen molar-refractivity contribution in [1.29, 1.82) is 0 Å². The number of nitrogens with zero attached hydrogens (tertiary/aromatic N) is 2. The Balaban J connectivity index is 1.80. The summed E-state index contributed by atoms with van der Waals surface area (Å²) in [6, 6.07) is 8.17. The van der Waals surface area contributed by atoms with E-state index in [9.17, 15) is 4.79 Å². The first-order valence-corrected chi connectivity index (χ1v) is 7.91. The summed E-state index contributed by atoms with van der Waals surface area (Å²) in [4.78, 5) is 20.1. The molecule has 1 aliphatic heterocycles. The van der Waals surface area contributed by atoms with Crippen LogP contribution < -0.4 is 0 Å². The van der Waals surface area contributed by atoms with Gasteiger partial charge in [-0.05, 0) is 45.0 Å². The quantitative estimate of drug-likeness (QED) is 0.692. The topological polar surface area (TPSA) is 33.2 Å². The van der Waals surface area contributed by atoms with E-state index in [0.29, 0.717) is 12.5 Å². The van der Waals surface area contributed by atoms with Crippen LogP contribution >= 0.6 is 12.6 Å². The number of Topliss-reactive ketones (excluding diaryl/α,β-unsaturated/α-hetero) is 1. The van der Waals surface area contributed by atoms with Crippen LogP contribution in [0.5, 0.6) is 0 Å². The second-order valence-electron chi connectivity index (χ2n) is 5.77. The van der Waals surface area contributed by atoms with Crippen molar-refractivity contribution in [1.82, 2.24) is 9.88 Å². The summed E-state index contributed by atoms with van der Waals surface area (Å²) in [6.07, 6.45) is 5.71. The minimum absolute atomic E-state index is 0.210. The molecule has 0 amide bonds. The summed E-state index contributed by atoms with van der Waals surface area (Å²) >= 11 is 4.42. The van der Waals surface area contributed by atoms with Crippen molar-refractivity contribution >= 4 is 29.3 Å². The zero-order chi connectivity index (χ0) is 14.8. The van der Waals surface area contributed by atoms with E-state index >= 15 is 0 Å². The lowest BCUT2D eigenvalue weighted by Crippen LogP contribution is -2.25. The van der Waals surface area contributed by atoms with Crippen molar-refractivity contribution in [3.63, 3.8) is 0 Å². The molecule has 2 heterocycles.